The Labute approximate surface area is 177 Å². The highest BCUT2D eigenvalue weighted by Gasteiger charge is 2.18. The molecular formula is C18H19ClFN5O4S. The number of halogens is 2. The van der Waals surface area contributed by atoms with Crippen molar-refractivity contribution in [2.75, 3.05) is 13.6 Å². The molecule has 0 aliphatic carbocycles. The number of aromatic nitrogens is 3. The number of hydrogen-bond acceptors (Lipinski definition) is 6. The highest BCUT2D eigenvalue weighted by Crippen LogP contribution is 2.30. The van der Waals surface area contributed by atoms with E-state index in [9.17, 15) is 22.7 Å². The van der Waals surface area contributed by atoms with Gasteiger partial charge in [0.25, 0.3) is 0 Å². The Kier molecular flexibility index (Phi) is 7.26. The summed E-state index contributed by atoms with van der Waals surface area (Å²) in [7, 11) is -2.41. The Morgan fingerprint density at radius 1 is 1.33 bits per heavy atom. The van der Waals surface area contributed by atoms with Gasteiger partial charge >= 0.3 is 5.97 Å². The Bertz CT molecular complexity index is 1230. The summed E-state index contributed by atoms with van der Waals surface area (Å²) in [5.41, 5.74) is 6.64. The van der Waals surface area contributed by atoms with Crippen LogP contribution in [0.4, 0.5) is 4.39 Å². The first kappa shape index (κ1) is 23.4. The summed E-state index contributed by atoms with van der Waals surface area (Å²) < 4.78 is 41.6. The molecule has 0 spiro atoms. The molecule has 3 rings (SSSR count). The molecule has 160 valence electrons. The standard InChI is InChI=1S/C18H18FN5O4S.ClH/c1-21-29(27,28)14-4-2-3-11(7-14)15-8-12(18(25)26)9-16-17(15)22-23-24(16)10-13(19)5-6-20;/h2-5,7-9,21H,6,10,20H2,1H3,(H,25,26);1H/b13-5-;. The number of nitrogens with zero attached hydrogens (tertiary/aromatic N) is 3. The van der Waals surface area contributed by atoms with Crippen LogP contribution in [-0.4, -0.2) is 48.1 Å². The second-order valence-electron chi connectivity index (χ2n) is 6.07. The van der Waals surface area contributed by atoms with Crippen LogP contribution in [0.15, 0.2) is 53.2 Å². The first-order chi connectivity index (χ1) is 13.8. The van der Waals surface area contributed by atoms with Crippen molar-refractivity contribution >= 4 is 39.4 Å². The van der Waals surface area contributed by atoms with Gasteiger partial charge in [-0.3, -0.25) is 0 Å². The van der Waals surface area contributed by atoms with Gasteiger partial charge in [0.05, 0.1) is 22.5 Å². The lowest BCUT2D eigenvalue weighted by molar-refractivity contribution is 0.0697. The number of hydrogen-bond donors (Lipinski definition) is 3. The van der Waals surface area contributed by atoms with Crippen molar-refractivity contribution in [3.05, 3.63) is 53.9 Å². The zero-order valence-electron chi connectivity index (χ0n) is 15.7. The lowest BCUT2D eigenvalue weighted by Gasteiger charge is -2.08. The number of benzene rings is 2. The van der Waals surface area contributed by atoms with E-state index in [1.54, 1.807) is 6.07 Å². The highest BCUT2D eigenvalue weighted by molar-refractivity contribution is 7.89. The largest absolute Gasteiger partial charge is 0.478 e. The van der Waals surface area contributed by atoms with E-state index in [2.05, 4.69) is 15.0 Å². The average Bonchev–Trinajstić information content (AvgIpc) is 3.10. The Morgan fingerprint density at radius 3 is 2.70 bits per heavy atom. The van der Waals surface area contributed by atoms with Crippen LogP contribution in [0.5, 0.6) is 0 Å². The van der Waals surface area contributed by atoms with Gasteiger partial charge in [0.1, 0.15) is 11.3 Å². The number of nitrogens with two attached hydrogens (primary N) is 1. The lowest BCUT2D eigenvalue weighted by atomic mass is 10.0. The van der Waals surface area contributed by atoms with Crippen molar-refractivity contribution in [2.24, 2.45) is 5.73 Å². The normalized spacial score (nSPS) is 12.0. The van der Waals surface area contributed by atoms with Crippen molar-refractivity contribution < 1.29 is 22.7 Å². The first-order valence-electron chi connectivity index (χ1n) is 8.46. The predicted molar refractivity (Wildman–Crippen MR) is 112 cm³/mol. The quantitative estimate of drug-likeness (QED) is 0.494. The molecule has 0 aliphatic rings. The van der Waals surface area contributed by atoms with Gasteiger partial charge in [-0.05, 0) is 43.0 Å². The number of carboxylic acid groups (broad SMARTS) is 1. The fourth-order valence-electron chi connectivity index (χ4n) is 2.81. The molecule has 0 saturated heterocycles. The smallest absolute Gasteiger partial charge is 0.335 e. The third-order valence-corrected chi connectivity index (χ3v) is 5.64. The maximum Gasteiger partial charge on any atom is 0.335 e. The first-order valence-corrected chi connectivity index (χ1v) is 9.94. The minimum atomic E-state index is -3.70. The van der Waals surface area contributed by atoms with E-state index >= 15 is 0 Å². The van der Waals surface area contributed by atoms with E-state index in [-0.39, 0.29) is 36.0 Å². The fraction of sp³-hybridized carbons (Fsp3) is 0.167. The predicted octanol–water partition coefficient (Wildman–Crippen LogP) is 1.94. The van der Waals surface area contributed by atoms with Crippen LogP contribution in [0, 0.1) is 0 Å². The summed E-state index contributed by atoms with van der Waals surface area (Å²) in [5, 5.41) is 17.4. The summed E-state index contributed by atoms with van der Waals surface area (Å²) in [6.45, 7) is -0.249. The van der Waals surface area contributed by atoms with E-state index < -0.39 is 21.8 Å². The van der Waals surface area contributed by atoms with Gasteiger partial charge in [-0.1, -0.05) is 17.3 Å². The molecule has 2 aromatic carbocycles. The molecule has 0 saturated carbocycles. The molecule has 3 aromatic rings. The molecule has 9 nitrogen and oxygen atoms in total. The summed E-state index contributed by atoms with van der Waals surface area (Å²) in [5.74, 6) is -1.73. The molecule has 0 bridgehead atoms. The number of fused-ring (bicyclic) bond motifs is 1. The summed E-state index contributed by atoms with van der Waals surface area (Å²) in [6, 6.07) is 8.69. The molecule has 0 unspecified atom stereocenters. The minimum Gasteiger partial charge on any atom is -0.478 e. The zero-order chi connectivity index (χ0) is 21.2. The van der Waals surface area contributed by atoms with Crippen molar-refractivity contribution in [1.29, 1.82) is 0 Å². The van der Waals surface area contributed by atoms with E-state index in [0.717, 1.165) is 0 Å². The fourth-order valence-corrected chi connectivity index (χ4v) is 3.59. The van der Waals surface area contributed by atoms with Crippen LogP contribution in [0.3, 0.4) is 0 Å². The van der Waals surface area contributed by atoms with Gasteiger partial charge in [0, 0.05) is 12.1 Å². The molecule has 1 heterocycles. The molecule has 12 heteroatoms. The number of aromatic carboxylic acids is 1. The lowest BCUT2D eigenvalue weighted by Crippen LogP contribution is -2.18. The molecule has 4 N–H and O–H groups in total. The number of sulfonamides is 1. The maximum absolute atomic E-state index is 13.9. The van der Waals surface area contributed by atoms with Gasteiger partial charge in [0.15, 0.2) is 0 Å². The number of rotatable bonds is 7. The topological polar surface area (TPSA) is 140 Å². The van der Waals surface area contributed by atoms with Crippen molar-refractivity contribution in [2.45, 2.75) is 11.4 Å². The average molecular weight is 456 g/mol. The summed E-state index contributed by atoms with van der Waals surface area (Å²) in [6.07, 6.45) is 1.18. The second kappa shape index (κ2) is 9.30. The molecular weight excluding hydrogens is 437 g/mol. The van der Waals surface area contributed by atoms with E-state index in [0.29, 0.717) is 22.2 Å². The summed E-state index contributed by atoms with van der Waals surface area (Å²) >= 11 is 0. The van der Waals surface area contributed by atoms with Crippen molar-refractivity contribution in [3.8, 4) is 11.1 Å². The number of carboxylic acids is 1. The van der Waals surface area contributed by atoms with Crippen LogP contribution in [0.1, 0.15) is 10.4 Å². The number of carbonyl (C=O) groups is 1. The van der Waals surface area contributed by atoms with Crippen LogP contribution >= 0.6 is 12.4 Å². The number of nitrogens with one attached hydrogen (secondary N) is 1. The summed E-state index contributed by atoms with van der Waals surface area (Å²) in [4.78, 5) is 11.6. The maximum atomic E-state index is 13.9. The molecule has 0 amide bonds. The molecule has 1 aromatic heterocycles. The van der Waals surface area contributed by atoms with E-state index in [4.69, 9.17) is 5.73 Å². The Morgan fingerprint density at radius 2 is 2.07 bits per heavy atom. The van der Waals surface area contributed by atoms with Crippen molar-refractivity contribution in [1.82, 2.24) is 19.7 Å². The Hall–Kier alpha value is -2.86. The molecule has 0 atom stereocenters. The van der Waals surface area contributed by atoms with E-state index in [1.807, 2.05) is 0 Å². The Balaban J connectivity index is 0.00000320. The van der Waals surface area contributed by atoms with Crippen LogP contribution in [0.25, 0.3) is 22.2 Å². The minimum absolute atomic E-state index is 0. The number of allylic oxidation sites excluding steroid dienone is 1. The molecule has 0 radical (unpaired) electrons. The van der Waals surface area contributed by atoms with Crippen LogP contribution in [0.2, 0.25) is 0 Å². The van der Waals surface area contributed by atoms with Gasteiger partial charge in [0.2, 0.25) is 10.0 Å². The van der Waals surface area contributed by atoms with E-state index in [1.165, 1.54) is 48.1 Å². The second-order valence-corrected chi connectivity index (χ2v) is 7.95. The van der Waals surface area contributed by atoms with Gasteiger partial charge in [-0.15, -0.1) is 17.5 Å². The molecule has 30 heavy (non-hydrogen) atoms. The monoisotopic (exact) mass is 455 g/mol. The molecule has 0 fully saturated rings. The van der Waals surface area contributed by atoms with Crippen LogP contribution < -0.4 is 10.5 Å². The van der Waals surface area contributed by atoms with Crippen LogP contribution in [-0.2, 0) is 16.6 Å². The SMILES string of the molecule is CNS(=O)(=O)c1cccc(-c2cc(C(=O)O)cc3c2nnn3C/C(F)=C/CN)c1.Cl. The highest BCUT2D eigenvalue weighted by atomic mass is 35.5. The third kappa shape index (κ3) is 4.65. The van der Waals surface area contributed by atoms with Crippen molar-refractivity contribution in [3.63, 3.8) is 0 Å². The van der Waals surface area contributed by atoms with Gasteiger partial charge in [-0.2, -0.15) is 0 Å². The van der Waals surface area contributed by atoms with Gasteiger partial charge < -0.3 is 10.8 Å². The molecule has 0 aliphatic heterocycles. The zero-order valence-corrected chi connectivity index (χ0v) is 17.4. The van der Waals surface area contributed by atoms with Gasteiger partial charge in [-0.25, -0.2) is 27.0 Å². The third-order valence-electron chi connectivity index (χ3n) is 4.23.